The molecule has 2 aromatic rings. The number of hydrogen-bond acceptors (Lipinski definition) is 3. The molecule has 0 unspecified atom stereocenters. The second kappa shape index (κ2) is 4.11. The molecular formula is C9H9ClN2O2. The van der Waals surface area contributed by atoms with E-state index in [2.05, 4.69) is 9.72 Å². The average molecular weight is 213 g/mol. The van der Waals surface area contributed by atoms with Gasteiger partial charge in [-0.25, -0.2) is 9.78 Å². The molecule has 0 aliphatic heterocycles. The third-order valence-corrected chi connectivity index (χ3v) is 1.82. The lowest BCUT2D eigenvalue weighted by molar-refractivity contribution is 0.0602. The maximum atomic E-state index is 11.2. The van der Waals surface area contributed by atoms with Crippen molar-refractivity contribution in [1.82, 2.24) is 9.38 Å². The number of fused-ring (bicyclic) bond motifs is 1. The maximum Gasteiger partial charge on any atom is 0.341 e. The molecule has 0 saturated carbocycles. The lowest BCUT2D eigenvalue weighted by Crippen LogP contribution is -2.03. The monoisotopic (exact) mass is 212 g/mol. The van der Waals surface area contributed by atoms with Crippen molar-refractivity contribution in [2.24, 2.45) is 0 Å². The smallest absolute Gasteiger partial charge is 0.341 e. The van der Waals surface area contributed by atoms with Gasteiger partial charge >= 0.3 is 5.97 Å². The van der Waals surface area contributed by atoms with Crippen molar-refractivity contribution < 1.29 is 9.53 Å². The van der Waals surface area contributed by atoms with Gasteiger partial charge in [0.05, 0.1) is 7.11 Å². The highest BCUT2D eigenvalue weighted by Gasteiger charge is 2.10. The summed E-state index contributed by atoms with van der Waals surface area (Å²) >= 11 is 0. The number of halogens is 1. The van der Waals surface area contributed by atoms with Crippen LogP contribution in [0.1, 0.15) is 10.4 Å². The van der Waals surface area contributed by atoms with Crippen LogP contribution >= 0.6 is 12.4 Å². The van der Waals surface area contributed by atoms with Gasteiger partial charge in [-0.2, -0.15) is 0 Å². The van der Waals surface area contributed by atoms with Gasteiger partial charge < -0.3 is 9.14 Å². The second-order valence-corrected chi connectivity index (χ2v) is 2.57. The number of rotatable bonds is 1. The van der Waals surface area contributed by atoms with E-state index in [1.807, 2.05) is 6.20 Å². The number of carbonyl (C=O) groups is 1. The molecule has 0 saturated heterocycles. The van der Waals surface area contributed by atoms with Gasteiger partial charge in [-0.3, -0.25) is 0 Å². The van der Waals surface area contributed by atoms with Crippen molar-refractivity contribution in [2.45, 2.75) is 0 Å². The third kappa shape index (κ3) is 1.56. The van der Waals surface area contributed by atoms with Crippen LogP contribution in [0, 0.1) is 0 Å². The number of methoxy groups -OCH3 is 1. The second-order valence-electron chi connectivity index (χ2n) is 2.57. The van der Waals surface area contributed by atoms with Crippen molar-refractivity contribution in [3.63, 3.8) is 0 Å². The molecule has 74 valence electrons. The number of hydrogen-bond donors (Lipinski definition) is 0. The van der Waals surface area contributed by atoms with Crippen LogP contribution in [0.15, 0.2) is 30.7 Å². The topological polar surface area (TPSA) is 43.6 Å². The molecule has 0 amide bonds. The Morgan fingerprint density at radius 3 is 3.00 bits per heavy atom. The van der Waals surface area contributed by atoms with Gasteiger partial charge in [0, 0.05) is 18.6 Å². The van der Waals surface area contributed by atoms with Gasteiger partial charge in [0.25, 0.3) is 0 Å². The quantitative estimate of drug-likeness (QED) is 0.674. The fourth-order valence-electron chi connectivity index (χ4n) is 1.22. The number of esters is 1. The Labute approximate surface area is 86.9 Å². The van der Waals surface area contributed by atoms with Crippen molar-refractivity contribution in [3.8, 4) is 0 Å². The van der Waals surface area contributed by atoms with E-state index in [-0.39, 0.29) is 18.4 Å². The highest BCUT2D eigenvalue weighted by molar-refractivity contribution is 5.95. The molecule has 2 aromatic heterocycles. The lowest BCUT2D eigenvalue weighted by Gasteiger charge is -2.00. The van der Waals surface area contributed by atoms with E-state index < -0.39 is 0 Å². The molecular weight excluding hydrogens is 204 g/mol. The summed E-state index contributed by atoms with van der Waals surface area (Å²) in [6, 6.07) is 3.47. The Morgan fingerprint density at radius 1 is 1.50 bits per heavy atom. The SMILES string of the molecule is COC(=O)c1cccn2ccnc12.Cl. The normalized spacial score (nSPS) is 9.50. The van der Waals surface area contributed by atoms with Crippen molar-refractivity contribution in [1.29, 1.82) is 0 Å². The molecule has 2 rings (SSSR count). The molecule has 2 heterocycles. The minimum atomic E-state index is -0.364. The summed E-state index contributed by atoms with van der Waals surface area (Å²) in [5.74, 6) is -0.364. The summed E-state index contributed by atoms with van der Waals surface area (Å²) < 4.78 is 6.39. The van der Waals surface area contributed by atoms with Gasteiger partial charge in [0.1, 0.15) is 5.56 Å². The third-order valence-electron chi connectivity index (χ3n) is 1.82. The molecule has 5 heteroatoms. The zero-order chi connectivity index (χ0) is 9.26. The Bertz CT molecular complexity index is 453. The predicted octanol–water partition coefficient (Wildman–Crippen LogP) is 1.54. The summed E-state index contributed by atoms with van der Waals surface area (Å²) in [4.78, 5) is 15.3. The minimum absolute atomic E-state index is 0. The first-order valence-electron chi connectivity index (χ1n) is 3.83. The van der Waals surface area contributed by atoms with Crippen molar-refractivity contribution >= 4 is 24.0 Å². The van der Waals surface area contributed by atoms with Gasteiger partial charge in [-0.1, -0.05) is 0 Å². The summed E-state index contributed by atoms with van der Waals surface area (Å²) in [5, 5.41) is 0. The van der Waals surface area contributed by atoms with Gasteiger partial charge in [0.2, 0.25) is 0 Å². The van der Waals surface area contributed by atoms with E-state index >= 15 is 0 Å². The Kier molecular flexibility index (Phi) is 3.09. The summed E-state index contributed by atoms with van der Waals surface area (Å²) in [7, 11) is 1.36. The maximum absolute atomic E-state index is 11.2. The highest BCUT2D eigenvalue weighted by Crippen LogP contribution is 2.09. The van der Waals surface area contributed by atoms with E-state index in [1.165, 1.54) is 7.11 Å². The fraction of sp³-hybridized carbons (Fsp3) is 0.111. The molecule has 0 aliphatic rings. The number of carbonyl (C=O) groups excluding carboxylic acids is 1. The molecule has 4 nitrogen and oxygen atoms in total. The van der Waals surface area contributed by atoms with E-state index in [1.54, 1.807) is 28.9 Å². The number of nitrogens with zero attached hydrogens (tertiary/aromatic N) is 2. The Hall–Kier alpha value is -1.55. The summed E-state index contributed by atoms with van der Waals surface area (Å²) in [6.45, 7) is 0. The molecule has 0 N–H and O–H groups in total. The lowest BCUT2D eigenvalue weighted by atomic mass is 10.3. The summed E-state index contributed by atoms with van der Waals surface area (Å²) in [6.07, 6.45) is 5.25. The molecule has 0 aromatic carbocycles. The van der Waals surface area contributed by atoms with Crippen molar-refractivity contribution in [2.75, 3.05) is 7.11 Å². The first-order chi connectivity index (χ1) is 6.33. The predicted molar refractivity (Wildman–Crippen MR) is 53.8 cm³/mol. The standard InChI is InChI=1S/C9H8N2O2.ClH/c1-13-9(12)7-3-2-5-11-6-4-10-8(7)11;/h2-6H,1H3;1H. The fourth-order valence-corrected chi connectivity index (χ4v) is 1.22. The number of ether oxygens (including phenoxy) is 1. The van der Waals surface area contributed by atoms with Crippen LogP contribution in [-0.4, -0.2) is 22.5 Å². The van der Waals surface area contributed by atoms with Crippen LogP contribution in [0.4, 0.5) is 0 Å². The zero-order valence-corrected chi connectivity index (χ0v) is 8.32. The van der Waals surface area contributed by atoms with Crippen molar-refractivity contribution in [3.05, 3.63) is 36.3 Å². The number of imidazole rings is 1. The van der Waals surface area contributed by atoms with Gasteiger partial charge in [0.15, 0.2) is 5.65 Å². The number of pyridine rings is 1. The highest BCUT2D eigenvalue weighted by atomic mass is 35.5. The van der Waals surface area contributed by atoms with Crippen LogP contribution in [0.3, 0.4) is 0 Å². The van der Waals surface area contributed by atoms with Gasteiger partial charge in [-0.05, 0) is 12.1 Å². The molecule has 0 aliphatic carbocycles. The summed E-state index contributed by atoms with van der Waals surface area (Å²) in [5.41, 5.74) is 1.10. The van der Waals surface area contributed by atoms with E-state index in [0.717, 1.165) is 0 Å². The Balaban J connectivity index is 0.000000980. The molecule has 0 fully saturated rings. The van der Waals surface area contributed by atoms with E-state index in [4.69, 9.17) is 0 Å². The minimum Gasteiger partial charge on any atom is -0.465 e. The largest absolute Gasteiger partial charge is 0.465 e. The van der Waals surface area contributed by atoms with Crippen LogP contribution in [0.5, 0.6) is 0 Å². The van der Waals surface area contributed by atoms with E-state index in [9.17, 15) is 4.79 Å². The Morgan fingerprint density at radius 2 is 2.29 bits per heavy atom. The molecule has 0 radical (unpaired) electrons. The van der Waals surface area contributed by atoms with Gasteiger partial charge in [-0.15, -0.1) is 12.4 Å². The molecule has 14 heavy (non-hydrogen) atoms. The molecule has 0 bridgehead atoms. The zero-order valence-electron chi connectivity index (χ0n) is 7.51. The van der Waals surface area contributed by atoms with E-state index in [0.29, 0.717) is 11.2 Å². The molecule has 0 spiro atoms. The first kappa shape index (κ1) is 10.5. The van der Waals surface area contributed by atoms with Crippen LogP contribution in [-0.2, 0) is 4.74 Å². The average Bonchev–Trinajstić information content (AvgIpc) is 2.63. The first-order valence-corrected chi connectivity index (χ1v) is 3.83. The van der Waals surface area contributed by atoms with Crippen LogP contribution in [0.2, 0.25) is 0 Å². The molecule has 0 atom stereocenters. The van der Waals surface area contributed by atoms with Crippen LogP contribution in [0.25, 0.3) is 5.65 Å². The number of aromatic nitrogens is 2. The van der Waals surface area contributed by atoms with Crippen LogP contribution < -0.4 is 0 Å².